The van der Waals surface area contributed by atoms with Gasteiger partial charge >= 0.3 is 6.09 Å². The Morgan fingerprint density at radius 3 is 2.52 bits per heavy atom. The molecule has 148 valence electrons. The van der Waals surface area contributed by atoms with Gasteiger partial charge in [0.05, 0.1) is 14.1 Å². The maximum atomic E-state index is 13.2. The lowest BCUT2D eigenvalue weighted by Gasteiger charge is -2.41. The molecule has 0 bridgehead atoms. The number of hydrogen-bond donors (Lipinski definition) is 2. The molecular weight excluding hydrogens is 356 g/mol. The Kier molecular flexibility index (Phi) is 5.14. The number of rotatable bonds is 2. The van der Waals surface area contributed by atoms with Crippen LogP contribution in [0.2, 0.25) is 19.1 Å². The van der Waals surface area contributed by atoms with Gasteiger partial charge in [-0.25, -0.2) is 4.79 Å². The molecule has 2 N–H and O–H groups in total. The first kappa shape index (κ1) is 19.9. The van der Waals surface area contributed by atoms with E-state index in [1.807, 2.05) is 12.1 Å². The fraction of sp³-hybridized carbons (Fsp3) is 0.619. The lowest BCUT2D eigenvalue weighted by molar-refractivity contribution is -0.126. The highest BCUT2D eigenvalue weighted by Gasteiger charge is 2.56. The third-order valence-corrected chi connectivity index (χ3v) is 10.2. The first-order chi connectivity index (χ1) is 12.5. The van der Waals surface area contributed by atoms with Gasteiger partial charge in [-0.3, -0.25) is 9.69 Å². The first-order valence-corrected chi connectivity index (χ1v) is 13.2. The number of benzene rings is 1. The van der Waals surface area contributed by atoms with Crippen molar-refractivity contribution >= 4 is 20.1 Å². The molecule has 1 fully saturated rings. The summed E-state index contributed by atoms with van der Waals surface area (Å²) in [6, 6.07) is 8.33. The van der Waals surface area contributed by atoms with E-state index in [0.717, 1.165) is 19.3 Å². The second-order valence-corrected chi connectivity index (χ2v) is 14.8. The summed E-state index contributed by atoms with van der Waals surface area (Å²) in [4.78, 5) is 26.8. The average Bonchev–Trinajstić information content (AvgIpc) is 2.87. The minimum atomic E-state index is -1.91. The van der Waals surface area contributed by atoms with Gasteiger partial charge < -0.3 is 10.4 Å². The lowest BCUT2D eigenvalue weighted by atomic mass is 9.87. The van der Waals surface area contributed by atoms with E-state index in [9.17, 15) is 14.7 Å². The molecule has 1 unspecified atom stereocenters. The van der Waals surface area contributed by atoms with E-state index >= 15 is 0 Å². The molecule has 0 radical (unpaired) electrons. The Hall–Kier alpha value is -1.82. The van der Waals surface area contributed by atoms with E-state index in [2.05, 4.69) is 51.3 Å². The van der Waals surface area contributed by atoms with E-state index in [-0.39, 0.29) is 23.0 Å². The number of carboxylic acid groups (broad SMARTS) is 1. The summed E-state index contributed by atoms with van der Waals surface area (Å²) in [5.41, 5.74) is 2.22. The van der Waals surface area contributed by atoms with Crippen LogP contribution in [0.3, 0.4) is 0 Å². The normalized spacial score (nSPS) is 27.1. The Bertz CT molecular complexity index is 741. The first-order valence-electron chi connectivity index (χ1n) is 9.92. The highest BCUT2D eigenvalue weighted by atomic mass is 28.3. The van der Waals surface area contributed by atoms with Crippen molar-refractivity contribution in [2.24, 2.45) is 5.41 Å². The summed E-state index contributed by atoms with van der Waals surface area (Å²) in [5, 5.41) is 13.1. The summed E-state index contributed by atoms with van der Waals surface area (Å²) in [6.07, 6.45) is 2.02. The van der Waals surface area contributed by atoms with Gasteiger partial charge in [0.2, 0.25) is 5.91 Å². The second-order valence-electron chi connectivity index (χ2n) is 9.82. The van der Waals surface area contributed by atoms with E-state index in [1.54, 1.807) is 0 Å². The van der Waals surface area contributed by atoms with Crippen molar-refractivity contribution in [3.63, 3.8) is 0 Å². The van der Waals surface area contributed by atoms with Crippen LogP contribution in [0.15, 0.2) is 24.3 Å². The minimum absolute atomic E-state index is 0.0171. The van der Waals surface area contributed by atoms with Crippen LogP contribution in [0, 0.1) is 5.41 Å². The van der Waals surface area contributed by atoms with Crippen LogP contribution in [0.4, 0.5) is 4.79 Å². The third kappa shape index (κ3) is 3.77. The quantitative estimate of drug-likeness (QED) is 0.746. The Labute approximate surface area is 163 Å². The van der Waals surface area contributed by atoms with Crippen molar-refractivity contribution in [2.75, 3.05) is 0 Å². The summed E-state index contributed by atoms with van der Waals surface area (Å²) >= 11 is 0. The van der Waals surface area contributed by atoms with Crippen LogP contribution in [-0.2, 0) is 11.2 Å². The van der Waals surface area contributed by atoms with Crippen LogP contribution in [0.1, 0.15) is 50.8 Å². The number of carbonyl (C=O) groups is 2. The van der Waals surface area contributed by atoms with Crippen molar-refractivity contribution in [3.05, 3.63) is 35.4 Å². The molecule has 1 aliphatic carbocycles. The monoisotopic (exact) mass is 388 g/mol. The molecule has 1 heterocycles. The molecule has 2 amide bonds. The van der Waals surface area contributed by atoms with Crippen molar-refractivity contribution < 1.29 is 14.7 Å². The fourth-order valence-corrected chi connectivity index (χ4v) is 10.5. The Balaban J connectivity index is 1.85. The molecule has 3 atom stereocenters. The van der Waals surface area contributed by atoms with Gasteiger partial charge in [-0.1, -0.05) is 58.1 Å². The van der Waals surface area contributed by atoms with E-state index in [1.165, 1.54) is 16.0 Å². The molecule has 27 heavy (non-hydrogen) atoms. The molecule has 0 spiro atoms. The highest BCUT2D eigenvalue weighted by molar-refractivity contribution is 6.80. The molecule has 3 rings (SSSR count). The number of hydrogen-bond acceptors (Lipinski definition) is 2. The number of nitrogens with zero attached hydrogens (tertiary/aromatic N) is 1. The number of fused-ring (bicyclic) bond motifs is 1. The van der Waals surface area contributed by atoms with Crippen LogP contribution in [-0.4, -0.2) is 41.8 Å². The van der Waals surface area contributed by atoms with Gasteiger partial charge in [0, 0.05) is 5.67 Å². The van der Waals surface area contributed by atoms with Crippen LogP contribution in [0.5, 0.6) is 0 Å². The van der Waals surface area contributed by atoms with Gasteiger partial charge in [-0.15, -0.1) is 0 Å². The van der Waals surface area contributed by atoms with Crippen molar-refractivity contribution in [3.8, 4) is 0 Å². The number of nitrogens with one attached hydrogen (secondary N) is 1. The predicted molar refractivity (Wildman–Crippen MR) is 109 cm³/mol. The second kappa shape index (κ2) is 6.97. The van der Waals surface area contributed by atoms with Crippen LogP contribution < -0.4 is 5.32 Å². The van der Waals surface area contributed by atoms with Gasteiger partial charge in [0.25, 0.3) is 0 Å². The maximum Gasteiger partial charge on any atom is 0.407 e. The van der Waals surface area contributed by atoms with E-state index in [4.69, 9.17) is 0 Å². The predicted octanol–water partition coefficient (Wildman–Crippen LogP) is 4.20. The molecular formula is C21H32N2O3Si. The van der Waals surface area contributed by atoms with Gasteiger partial charge in [-0.05, 0) is 41.8 Å². The molecule has 1 aromatic carbocycles. The summed E-state index contributed by atoms with van der Waals surface area (Å²) in [5.74, 6) is -0.133. The molecule has 2 aliphatic rings. The molecule has 0 aromatic heterocycles. The zero-order chi connectivity index (χ0) is 20.0. The summed E-state index contributed by atoms with van der Waals surface area (Å²) in [7, 11) is -1.91. The van der Waals surface area contributed by atoms with E-state index < -0.39 is 20.2 Å². The molecule has 0 saturated carbocycles. The molecule has 1 saturated heterocycles. The fourth-order valence-electron chi connectivity index (χ4n) is 5.49. The molecule has 6 heteroatoms. The van der Waals surface area contributed by atoms with Gasteiger partial charge in [0.15, 0.2) is 0 Å². The number of aryl methyl sites for hydroxylation is 1. The molecule has 5 nitrogen and oxygen atoms in total. The van der Waals surface area contributed by atoms with Gasteiger partial charge in [0.1, 0.15) is 6.04 Å². The summed E-state index contributed by atoms with van der Waals surface area (Å²) in [6.45, 7) is 10.7. The van der Waals surface area contributed by atoms with Crippen LogP contribution >= 0.6 is 0 Å². The smallest absolute Gasteiger partial charge is 0.407 e. The standard InChI is InChI=1S/C21H32N2O3Si/c1-21(2,3)19-23(20(25)26)17(13-27(19,4)5)18(24)22-16-12-8-10-14-9-6-7-11-15(14)16/h6-7,9,11,16-17,19H,8,10,12-13H2,1-5H3,(H,22,24)(H,25,26)/t16-,17?,19-/m1/s1. The lowest BCUT2D eigenvalue weighted by Crippen LogP contribution is -2.56. The number of carbonyl (C=O) groups excluding carboxylic acids is 1. The molecule has 1 aliphatic heterocycles. The van der Waals surface area contributed by atoms with Crippen LogP contribution in [0.25, 0.3) is 0 Å². The molecule has 1 aromatic rings. The topological polar surface area (TPSA) is 69.6 Å². The number of amides is 2. The zero-order valence-corrected chi connectivity index (χ0v) is 18.1. The highest BCUT2D eigenvalue weighted by Crippen LogP contribution is 2.42. The minimum Gasteiger partial charge on any atom is -0.465 e. The Morgan fingerprint density at radius 1 is 1.22 bits per heavy atom. The van der Waals surface area contributed by atoms with E-state index in [0.29, 0.717) is 6.04 Å². The van der Waals surface area contributed by atoms with Crippen molar-refractivity contribution in [2.45, 2.75) is 76.9 Å². The van der Waals surface area contributed by atoms with Gasteiger partial charge in [-0.2, -0.15) is 0 Å². The van der Waals surface area contributed by atoms with Crippen molar-refractivity contribution in [1.82, 2.24) is 10.2 Å². The average molecular weight is 389 g/mol. The SMILES string of the molecule is CC(C)(C)[C@@H]1N(C(=O)O)C(C(=O)N[C@@H]2CCCc3ccccc32)C[Si]1(C)C. The maximum absolute atomic E-state index is 13.2. The summed E-state index contributed by atoms with van der Waals surface area (Å²) < 4.78 is 0. The van der Waals surface area contributed by atoms with Crippen molar-refractivity contribution in [1.29, 1.82) is 0 Å². The third-order valence-electron chi connectivity index (χ3n) is 6.10. The Morgan fingerprint density at radius 2 is 1.89 bits per heavy atom. The zero-order valence-electron chi connectivity index (χ0n) is 17.1. The largest absolute Gasteiger partial charge is 0.465 e.